The first-order chi connectivity index (χ1) is 11.4. The number of hydrogen-bond acceptors (Lipinski definition) is 5. The minimum atomic E-state index is -0.386. The van der Waals surface area contributed by atoms with E-state index in [4.69, 9.17) is 0 Å². The average molecular weight is 409 g/mol. The second-order valence-corrected chi connectivity index (χ2v) is 7.90. The zero-order chi connectivity index (χ0) is 17.3. The lowest BCUT2D eigenvalue weighted by Gasteiger charge is -2.16. The van der Waals surface area contributed by atoms with Gasteiger partial charge in [-0.25, -0.2) is 0 Å². The third-order valence-corrected chi connectivity index (χ3v) is 5.41. The molecule has 1 aromatic heterocycles. The molecule has 1 N–H and O–H groups in total. The van der Waals surface area contributed by atoms with Gasteiger partial charge in [0.2, 0.25) is 16.9 Å². The molecule has 24 heavy (non-hydrogen) atoms. The van der Waals surface area contributed by atoms with Crippen molar-refractivity contribution in [1.29, 1.82) is 0 Å². The molecule has 1 fully saturated rings. The topological polar surface area (TPSA) is 75.2 Å². The summed E-state index contributed by atoms with van der Waals surface area (Å²) in [5.74, 6) is -0.350. The fourth-order valence-corrected chi connectivity index (χ4v) is 3.64. The molecule has 1 aliphatic rings. The molecule has 1 atom stereocenters. The van der Waals surface area contributed by atoms with Gasteiger partial charge in [-0.05, 0) is 18.2 Å². The van der Waals surface area contributed by atoms with Gasteiger partial charge < -0.3 is 10.2 Å². The van der Waals surface area contributed by atoms with Crippen LogP contribution in [0.2, 0.25) is 0 Å². The van der Waals surface area contributed by atoms with Crippen LogP contribution in [0.3, 0.4) is 0 Å². The predicted octanol–water partition coefficient (Wildman–Crippen LogP) is 3.42. The van der Waals surface area contributed by atoms with Crippen molar-refractivity contribution >= 4 is 49.9 Å². The van der Waals surface area contributed by atoms with Crippen molar-refractivity contribution in [2.24, 2.45) is 5.92 Å². The van der Waals surface area contributed by atoms with Gasteiger partial charge in [-0.2, -0.15) is 0 Å². The summed E-state index contributed by atoms with van der Waals surface area (Å²) in [7, 11) is 0. The van der Waals surface area contributed by atoms with Gasteiger partial charge in [-0.15, -0.1) is 10.2 Å². The Morgan fingerprint density at radius 2 is 2.21 bits per heavy atom. The second-order valence-electron chi connectivity index (χ2n) is 5.97. The van der Waals surface area contributed by atoms with E-state index in [-0.39, 0.29) is 30.1 Å². The van der Waals surface area contributed by atoms with E-state index in [1.54, 1.807) is 4.90 Å². The van der Waals surface area contributed by atoms with E-state index in [1.165, 1.54) is 11.3 Å². The number of nitrogens with zero attached hydrogens (tertiary/aromatic N) is 3. The smallest absolute Gasteiger partial charge is 0.231 e. The van der Waals surface area contributed by atoms with E-state index in [2.05, 4.69) is 31.4 Å². The lowest BCUT2D eigenvalue weighted by Crippen LogP contribution is -2.28. The summed E-state index contributed by atoms with van der Waals surface area (Å²) < 4.78 is 0.899. The van der Waals surface area contributed by atoms with Crippen LogP contribution < -0.4 is 10.2 Å². The van der Waals surface area contributed by atoms with E-state index in [0.717, 1.165) is 15.2 Å². The summed E-state index contributed by atoms with van der Waals surface area (Å²) in [5.41, 5.74) is 0.794. The van der Waals surface area contributed by atoms with Crippen molar-refractivity contribution in [2.45, 2.75) is 26.2 Å². The van der Waals surface area contributed by atoms with Gasteiger partial charge in [-0.1, -0.05) is 47.2 Å². The maximum absolute atomic E-state index is 12.4. The Kier molecular flexibility index (Phi) is 4.96. The Morgan fingerprint density at radius 3 is 2.88 bits per heavy atom. The maximum atomic E-state index is 12.4. The molecule has 126 valence electrons. The minimum Gasteiger partial charge on any atom is -0.312 e. The Labute approximate surface area is 152 Å². The fraction of sp³-hybridized carbons (Fsp3) is 0.375. The molecule has 0 bridgehead atoms. The van der Waals surface area contributed by atoms with Gasteiger partial charge in [0.05, 0.1) is 5.92 Å². The molecule has 8 heteroatoms. The number of carbonyl (C=O) groups excluding carboxylic acids is 2. The van der Waals surface area contributed by atoms with E-state index < -0.39 is 0 Å². The molecule has 1 saturated heterocycles. The molecule has 1 unspecified atom stereocenters. The Balaban J connectivity index is 1.67. The summed E-state index contributed by atoms with van der Waals surface area (Å²) >= 11 is 4.77. The first-order valence-corrected chi connectivity index (χ1v) is 9.25. The number of rotatable bonds is 4. The average Bonchev–Trinajstić information content (AvgIpc) is 3.14. The SMILES string of the molecule is CC(C)c1nnc(NC(=O)C2CC(=O)N(c3cccc(Br)c3)C2)s1. The summed E-state index contributed by atoms with van der Waals surface area (Å²) in [6.07, 6.45) is 0.203. The first-order valence-electron chi connectivity index (χ1n) is 7.64. The van der Waals surface area contributed by atoms with E-state index >= 15 is 0 Å². The molecular formula is C16H17BrN4O2S. The van der Waals surface area contributed by atoms with Crippen LogP contribution in [0.5, 0.6) is 0 Å². The molecule has 2 aromatic rings. The van der Waals surface area contributed by atoms with Crippen molar-refractivity contribution in [3.8, 4) is 0 Å². The van der Waals surface area contributed by atoms with Crippen LogP contribution in [0.25, 0.3) is 0 Å². The van der Waals surface area contributed by atoms with Crippen LogP contribution in [0, 0.1) is 5.92 Å². The molecule has 0 spiro atoms. The van der Waals surface area contributed by atoms with Crippen molar-refractivity contribution in [3.05, 3.63) is 33.7 Å². The zero-order valence-corrected chi connectivity index (χ0v) is 15.7. The first kappa shape index (κ1) is 17.0. The van der Waals surface area contributed by atoms with Crippen molar-refractivity contribution < 1.29 is 9.59 Å². The summed E-state index contributed by atoms with van der Waals surface area (Å²) in [6, 6.07) is 7.51. The van der Waals surface area contributed by atoms with Crippen LogP contribution in [-0.2, 0) is 9.59 Å². The standard InChI is InChI=1S/C16H17BrN4O2S/c1-9(2)15-19-20-16(24-15)18-14(23)10-6-13(22)21(8-10)12-5-3-4-11(17)7-12/h3-5,7,9-10H,6,8H2,1-2H3,(H,18,20,23). The number of hydrogen-bond donors (Lipinski definition) is 1. The molecule has 3 rings (SSSR count). The number of anilines is 2. The summed E-state index contributed by atoms with van der Waals surface area (Å²) in [4.78, 5) is 26.3. The summed E-state index contributed by atoms with van der Waals surface area (Å²) in [6.45, 7) is 4.42. The number of amides is 2. The summed E-state index contributed by atoms with van der Waals surface area (Å²) in [5, 5.41) is 12.2. The van der Waals surface area contributed by atoms with Crippen LogP contribution in [0.1, 0.15) is 31.2 Å². The highest BCUT2D eigenvalue weighted by Crippen LogP contribution is 2.29. The normalized spacial score (nSPS) is 17.6. The van der Waals surface area contributed by atoms with Crippen LogP contribution >= 0.6 is 27.3 Å². The number of carbonyl (C=O) groups is 2. The molecular weight excluding hydrogens is 392 g/mol. The molecule has 2 amide bonds. The van der Waals surface area contributed by atoms with Gasteiger partial charge in [0.15, 0.2) is 0 Å². The predicted molar refractivity (Wildman–Crippen MR) is 97.2 cm³/mol. The van der Waals surface area contributed by atoms with Gasteiger partial charge in [0.1, 0.15) is 5.01 Å². The van der Waals surface area contributed by atoms with Crippen molar-refractivity contribution in [3.63, 3.8) is 0 Å². The monoisotopic (exact) mass is 408 g/mol. The van der Waals surface area contributed by atoms with Crippen LogP contribution in [-0.4, -0.2) is 28.6 Å². The molecule has 0 radical (unpaired) electrons. The highest BCUT2D eigenvalue weighted by molar-refractivity contribution is 9.10. The largest absolute Gasteiger partial charge is 0.312 e. The molecule has 1 aliphatic heterocycles. The second kappa shape index (κ2) is 6.98. The molecule has 0 saturated carbocycles. The Morgan fingerprint density at radius 1 is 1.42 bits per heavy atom. The third kappa shape index (κ3) is 3.64. The Bertz CT molecular complexity index is 777. The quantitative estimate of drug-likeness (QED) is 0.840. The molecule has 2 heterocycles. The van der Waals surface area contributed by atoms with E-state index in [9.17, 15) is 9.59 Å². The van der Waals surface area contributed by atoms with Gasteiger partial charge in [0.25, 0.3) is 0 Å². The lowest BCUT2D eigenvalue weighted by molar-refractivity contribution is -0.122. The highest BCUT2D eigenvalue weighted by atomic mass is 79.9. The van der Waals surface area contributed by atoms with Gasteiger partial charge in [-0.3, -0.25) is 9.59 Å². The highest BCUT2D eigenvalue weighted by Gasteiger charge is 2.35. The lowest BCUT2D eigenvalue weighted by atomic mass is 10.1. The third-order valence-electron chi connectivity index (χ3n) is 3.78. The number of halogens is 1. The fourth-order valence-electron chi connectivity index (χ4n) is 2.50. The van der Waals surface area contributed by atoms with Gasteiger partial charge >= 0.3 is 0 Å². The molecule has 0 aliphatic carbocycles. The van der Waals surface area contributed by atoms with E-state index in [0.29, 0.717) is 11.7 Å². The molecule has 1 aromatic carbocycles. The maximum Gasteiger partial charge on any atom is 0.231 e. The van der Waals surface area contributed by atoms with Crippen LogP contribution in [0.15, 0.2) is 28.7 Å². The van der Waals surface area contributed by atoms with Crippen molar-refractivity contribution in [1.82, 2.24) is 10.2 Å². The van der Waals surface area contributed by atoms with Crippen molar-refractivity contribution in [2.75, 3.05) is 16.8 Å². The molecule has 6 nitrogen and oxygen atoms in total. The number of aromatic nitrogens is 2. The Hall–Kier alpha value is -1.80. The minimum absolute atomic E-state index is 0.0478. The van der Waals surface area contributed by atoms with Crippen LogP contribution in [0.4, 0.5) is 10.8 Å². The number of benzene rings is 1. The van der Waals surface area contributed by atoms with E-state index in [1.807, 2.05) is 38.1 Å². The zero-order valence-electron chi connectivity index (χ0n) is 13.3. The number of nitrogens with one attached hydrogen (secondary N) is 1. The van der Waals surface area contributed by atoms with Gasteiger partial charge in [0, 0.05) is 29.0 Å².